The van der Waals surface area contributed by atoms with Crippen LogP contribution in [-0.4, -0.2) is 35.6 Å². The number of halogens is 1. The minimum absolute atomic E-state index is 0.106. The lowest BCUT2D eigenvalue weighted by Gasteiger charge is -2.47. The van der Waals surface area contributed by atoms with Gasteiger partial charge < -0.3 is 14.7 Å². The number of carbonyl (C=O) groups is 1. The largest absolute Gasteiger partial charge is 0.481 e. The first-order valence-electron chi connectivity index (χ1n) is 10.7. The Balaban J connectivity index is 1.53. The maximum atomic E-state index is 13.8. The molecule has 31 heavy (non-hydrogen) atoms. The lowest BCUT2D eigenvalue weighted by Crippen LogP contribution is -2.44. The first-order valence-corrected chi connectivity index (χ1v) is 10.7. The number of carboxylic acids is 1. The summed E-state index contributed by atoms with van der Waals surface area (Å²) in [6.45, 7) is 2.00. The molecular formula is C23H22FN5O2. The molecule has 0 radical (unpaired) electrons. The van der Waals surface area contributed by atoms with Crippen molar-refractivity contribution in [1.82, 2.24) is 24.5 Å². The fourth-order valence-electron chi connectivity index (χ4n) is 5.87. The molecule has 4 aromatic rings. The fraction of sp³-hybridized carbons (Fsp3) is 0.391. The van der Waals surface area contributed by atoms with Gasteiger partial charge in [-0.2, -0.15) is 0 Å². The Labute approximate surface area is 177 Å². The van der Waals surface area contributed by atoms with E-state index < -0.39 is 17.7 Å². The number of rotatable bonds is 3. The summed E-state index contributed by atoms with van der Waals surface area (Å²) in [6, 6.07) is 1.32. The van der Waals surface area contributed by atoms with E-state index in [0.717, 1.165) is 42.3 Å². The van der Waals surface area contributed by atoms with Gasteiger partial charge in [0.2, 0.25) is 0 Å². The second-order valence-corrected chi connectivity index (χ2v) is 8.93. The van der Waals surface area contributed by atoms with Crippen molar-refractivity contribution >= 4 is 28.0 Å². The van der Waals surface area contributed by atoms with Gasteiger partial charge in [-0.1, -0.05) is 0 Å². The summed E-state index contributed by atoms with van der Waals surface area (Å²) in [7, 11) is 0. The quantitative estimate of drug-likeness (QED) is 0.510. The summed E-state index contributed by atoms with van der Waals surface area (Å²) in [5, 5.41) is 11.6. The number of nitrogens with zero attached hydrogens (tertiary/aromatic N) is 4. The van der Waals surface area contributed by atoms with Crippen LogP contribution in [-0.2, 0) is 4.79 Å². The van der Waals surface area contributed by atoms with Crippen molar-refractivity contribution in [2.75, 3.05) is 0 Å². The van der Waals surface area contributed by atoms with E-state index in [1.165, 1.54) is 12.3 Å². The van der Waals surface area contributed by atoms with Crippen LogP contribution < -0.4 is 0 Å². The number of aromatic amines is 1. The van der Waals surface area contributed by atoms with E-state index in [1.807, 2.05) is 13.1 Å². The van der Waals surface area contributed by atoms with E-state index >= 15 is 0 Å². The Morgan fingerprint density at radius 2 is 1.94 bits per heavy atom. The van der Waals surface area contributed by atoms with Crippen molar-refractivity contribution in [2.45, 2.75) is 38.6 Å². The molecule has 0 aliphatic heterocycles. The summed E-state index contributed by atoms with van der Waals surface area (Å²) in [5.41, 5.74) is 3.01. The summed E-state index contributed by atoms with van der Waals surface area (Å²) < 4.78 is 15.9. The van der Waals surface area contributed by atoms with Gasteiger partial charge in [0.1, 0.15) is 17.1 Å². The molecule has 158 valence electrons. The van der Waals surface area contributed by atoms with Gasteiger partial charge in [0.15, 0.2) is 5.82 Å². The molecule has 2 N–H and O–H groups in total. The van der Waals surface area contributed by atoms with Crippen LogP contribution in [0.4, 0.5) is 4.39 Å². The molecule has 8 heteroatoms. The molecular weight excluding hydrogens is 397 g/mol. The molecule has 2 atom stereocenters. The van der Waals surface area contributed by atoms with Gasteiger partial charge in [0.05, 0.1) is 18.2 Å². The predicted molar refractivity (Wildman–Crippen MR) is 113 cm³/mol. The van der Waals surface area contributed by atoms with E-state index in [-0.39, 0.29) is 12.0 Å². The highest BCUT2D eigenvalue weighted by atomic mass is 19.1. The van der Waals surface area contributed by atoms with Crippen LogP contribution in [0.25, 0.3) is 33.5 Å². The topological polar surface area (TPSA) is 96.7 Å². The van der Waals surface area contributed by atoms with Crippen molar-refractivity contribution in [1.29, 1.82) is 0 Å². The first-order chi connectivity index (χ1) is 15.0. The third kappa shape index (κ3) is 2.70. The van der Waals surface area contributed by atoms with Crippen molar-refractivity contribution < 1.29 is 14.3 Å². The van der Waals surface area contributed by atoms with Gasteiger partial charge in [-0.3, -0.25) is 4.79 Å². The molecule has 0 amide bonds. The zero-order valence-electron chi connectivity index (χ0n) is 17.0. The molecule has 7 rings (SSSR count). The Hall–Kier alpha value is -3.29. The standard InChI is InChI=1S/C23H22FN5O2/c1-11-10-29(19-13-4-2-12(3-5-13)18(19)23(30)31)22-16(11)8-27-21(28-22)17-9-26-20-15(17)6-14(24)7-25-20/h6-10,12-13,18-19H,2-5H2,1H3,(H,25,26)(H,30,31)/t12?,13?,18-,19-/m1/s1. The summed E-state index contributed by atoms with van der Waals surface area (Å²) in [6.07, 6.45) is 10.8. The highest BCUT2D eigenvalue weighted by molar-refractivity contribution is 5.92. The highest BCUT2D eigenvalue weighted by Crippen LogP contribution is 2.52. The number of carboxylic acid groups (broad SMARTS) is 1. The van der Waals surface area contributed by atoms with Gasteiger partial charge in [-0.25, -0.2) is 19.3 Å². The van der Waals surface area contributed by atoms with Crippen LogP contribution in [0.1, 0.15) is 37.3 Å². The lowest BCUT2D eigenvalue weighted by atomic mass is 9.61. The molecule has 3 fully saturated rings. The van der Waals surface area contributed by atoms with Crippen LogP contribution >= 0.6 is 0 Å². The summed E-state index contributed by atoms with van der Waals surface area (Å²) in [4.78, 5) is 28.7. The van der Waals surface area contributed by atoms with E-state index in [1.54, 1.807) is 12.4 Å². The number of hydrogen-bond donors (Lipinski definition) is 2. The van der Waals surface area contributed by atoms with Crippen molar-refractivity contribution in [3.8, 4) is 11.4 Å². The molecule has 3 aliphatic rings. The van der Waals surface area contributed by atoms with E-state index in [4.69, 9.17) is 4.98 Å². The number of H-pyrrole nitrogens is 1. The molecule has 7 nitrogen and oxygen atoms in total. The van der Waals surface area contributed by atoms with Crippen LogP contribution in [0.5, 0.6) is 0 Å². The predicted octanol–water partition coefficient (Wildman–Crippen LogP) is 4.48. The van der Waals surface area contributed by atoms with Crippen molar-refractivity contribution in [2.24, 2.45) is 17.8 Å². The smallest absolute Gasteiger partial charge is 0.308 e. The SMILES string of the molecule is Cc1cn([C@@H]2C3CCC(CC3)[C@H]2C(=O)O)c2nc(-c3c[nH]c4ncc(F)cc34)ncc12. The Morgan fingerprint density at radius 1 is 1.16 bits per heavy atom. The number of hydrogen-bond acceptors (Lipinski definition) is 4. The van der Waals surface area contributed by atoms with Gasteiger partial charge in [0.25, 0.3) is 0 Å². The highest BCUT2D eigenvalue weighted by Gasteiger charge is 2.48. The second-order valence-electron chi connectivity index (χ2n) is 8.93. The van der Waals surface area contributed by atoms with Crippen LogP contribution in [0.2, 0.25) is 0 Å². The van der Waals surface area contributed by atoms with Gasteiger partial charge in [0, 0.05) is 34.9 Å². The maximum Gasteiger partial charge on any atom is 0.308 e. The maximum absolute atomic E-state index is 13.8. The van der Waals surface area contributed by atoms with Crippen molar-refractivity contribution in [3.05, 3.63) is 42.2 Å². The van der Waals surface area contributed by atoms with Gasteiger partial charge in [-0.15, -0.1) is 0 Å². The number of fused-ring (bicyclic) bond motifs is 5. The zero-order chi connectivity index (χ0) is 21.3. The molecule has 0 aromatic carbocycles. The van der Waals surface area contributed by atoms with Crippen LogP contribution in [0, 0.1) is 30.5 Å². The normalized spacial score (nSPS) is 25.5. The molecule has 3 aliphatic carbocycles. The average Bonchev–Trinajstić information content (AvgIpc) is 3.34. The molecule has 0 spiro atoms. The third-order valence-electron chi connectivity index (χ3n) is 7.29. The van der Waals surface area contributed by atoms with E-state index in [0.29, 0.717) is 28.3 Å². The molecule has 0 unspecified atom stereocenters. The average molecular weight is 419 g/mol. The van der Waals surface area contributed by atoms with Gasteiger partial charge >= 0.3 is 5.97 Å². The van der Waals surface area contributed by atoms with Gasteiger partial charge in [-0.05, 0) is 56.1 Å². The number of aliphatic carboxylic acids is 1. The number of nitrogens with one attached hydrogen (secondary N) is 1. The lowest BCUT2D eigenvalue weighted by molar-refractivity contribution is -0.151. The zero-order valence-corrected chi connectivity index (χ0v) is 17.0. The first kappa shape index (κ1) is 18.5. The van der Waals surface area contributed by atoms with Crippen molar-refractivity contribution in [3.63, 3.8) is 0 Å². The minimum Gasteiger partial charge on any atom is -0.481 e. The van der Waals surface area contributed by atoms with E-state index in [9.17, 15) is 14.3 Å². The van der Waals surface area contributed by atoms with Crippen LogP contribution in [0.3, 0.4) is 0 Å². The molecule has 3 saturated carbocycles. The summed E-state index contributed by atoms with van der Waals surface area (Å²) in [5.74, 6) is -0.506. The monoisotopic (exact) mass is 419 g/mol. The Morgan fingerprint density at radius 3 is 2.71 bits per heavy atom. The molecule has 4 heterocycles. The third-order valence-corrected chi connectivity index (χ3v) is 7.29. The second kappa shape index (κ2) is 6.60. The molecule has 0 saturated heterocycles. The number of pyridine rings is 1. The Bertz CT molecular complexity index is 1330. The number of aromatic nitrogens is 5. The fourth-order valence-corrected chi connectivity index (χ4v) is 5.87. The number of aryl methyl sites for hydroxylation is 1. The summed E-state index contributed by atoms with van der Waals surface area (Å²) >= 11 is 0. The minimum atomic E-state index is -0.716. The molecule has 4 aromatic heterocycles. The Kier molecular flexibility index (Phi) is 3.94. The van der Waals surface area contributed by atoms with Crippen LogP contribution in [0.15, 0.2) is 30.9 Å². The van der Waals surface area contributed by atoms with E-state index in [2.05, 4.69) is 19.5 Å². The molecule has 2 bridgehead atoms.